The molecule has 2 aromatic rings. The third kappa shape index (κ3) is 2.50. The lowest BCUT2D eigenvalue weighted by Gasteiger charge is -2.01. The van der Waals surface area contributed by atoms with E-state index in [1.54, 1.807) is 0 Å². The minimum absolute atomic E-state index is 0.188. The minimum Gasteiger partial charge on any atom is -0.477 e. The smallest absolute Gasteiger partial charge is 0.349 e. The first-order valence-corrected chi connectivity index (χ1v) is 6.14. The van der Waals surface area contributed by atoms with E-state index in [-0.39, 0.29) is 4.88 Å². The van der Waals surface area contributed by atoms with E-state index in [1.807, 2.05) is 24.3 Å². The van der Waals surface area contributed by atoms with Crippen molar-refractivity contribution < 1.29 is 9.90 Å². The summed E-state index contributed by atoms with van der Waals surface area (Å²) in [7, 11) is 0. The summed E-state index contributed by atoms with van der Waals surface area (Å²) in [5, 5.41) is 12.9. The predicted octanol–water partition coefficient (Wildman–Crippen LogP) is 2.86. The summed E-state index contributed by atoms with van der Waals surface area (Å²) in [6, 6.07) is 7.80. The van der Waals surface area contributed by atoms with Gasteiger partial charge in [0.2, 0.25) is 0 Å². The number of hydrogen-bond acceptors (Lipinski definition) is 4. The molecule has 88 valence electrons. The average Bonchev–Trinajstić information content (AvgIpc) is 2.79. The predicted molar refractivity (Wildman–Crippen MR) is 66.3 cm³/mol. The standard InChI is InChI=1S/C12H12N2O2S/c1-2-3-8-4-6-9(7-5-8)10-11(12(15)16)17-14-13-10/h4-7H,2-3H2,1H3,(H,15,16). The van der Waals surface area contributed by atoms with Crippen LogP contribution in [0.2, 0.25) is 0 Å². The number of carboxylic acid groups (broad SMARTS) is 1. The molecular weight excluding hydrogens is 236 g/mol. The van der Waals surface area contributed by atoms with E-state index < -0.39 is 5.97 Å². The SMILES string of the molecule is CCCc1ccc(-c2nnsc2C(=O)O)cc1. The number of aryl methyl sites for hydroxylation is 1. The Labute approximate surface area is 103 Å². The Morgan fingerprint density at radius 3 is 2.65 bits per heavy atom. The maximum atomic E-state index is 11.0. The van der Waals surface area contributed by atoms with Gasteiger partial charge in [0, 0.05) is 5.56 Å². The van der Waals surface area contributed by atoms with E-state index in [0.717, 1.165) is 29.9 Å². The molecule has 0 fully saturated rings. The van der Waals surface area contributed by atoms with Crippen molar-refractivity contribution in [2.75, 3.05) is 0 Å². The number of aromatic carboxylic acids is 1. The molecule has 17 heavy (non-hydrogen) atoms. The van der Waals surface area contributed by atoms with Gasteiger partial charge in [-0.15, -0.1) is 5.10 Å². The molecule has 1 aromatic carbocycles. The third-order valence-electron chi connectivity index (χ3n) is 2.45. The Bertz CT molecular complexity index is 520. The molecule has 0 bridgehead atoms. The van der Waals surface area contributed by atoms with Gasteiger partial charge in [0.1, 0.15) is 5.69 Å². The van der Waals surface area contributed by atoms with Crippen LogP contribution < -0.4 is 0 Å². The maximum absolute atomic E-state index is 11.0. The number of carbonyl (C=O) groups is 1. The van der Waals surface area contributed by atoms with Gasteiger partial charge in [-0.2, -0.15) is 0 Å². The summed E-state index contributed by atoms with van der Waals surface area (Å²) in [4.78, 5) is 11.1. The molecule has 0 saturated heterocycles. The molecule has 0 saturated carbocycles. The summed E-state index contributed by atoms with van der Waals surface area (Å²) >= 11 is 0.906. The lowest BCUT2D eigenvalue weighted by Crippen LogP contribution is -1.95. The van der Waals surface area contributed by atoms with Crippen LogP contribution in [-0.4, -0.2) is 20.7 Å². The molecule has 4 nitrogen and oxygen atoms in total. The third-order valence-corrected chi connectivity index (χ3v) is 3.16. The molecule has 0 spiro atoms. The van der Waals surface area contributed by atoms with Gasteiger partial charge in [-0.1, -0.05) is 42.1 Å². The summed E-state index contributed by atoms with van der Waals surface area (Å²) in [6.45, 7) is 2.13. The summed E-state index contributed by atoms with van der Waals surface area (Å²) in [6.07, 6.45) is 2.12. The van der Waals surface area contributed by atoms with Crippen LogP contribution in [0.4, 0.5) is 0 Å². The van der Waals surface area contributed by atoms with Gasteiger partial charge in [-0.3, -0.25) is 0 Å². The second-order valence-electron chi connectivity index (χ2n) is 3.70. The van der Waals surface area contributed by atoms with Crippen LogP contribution >= 0.6 is 11.5 Å². The minimum atomic E-state index is -0.979. The number of nitrogens with zero attached hydrogens (tertiary/aromatic N) is 2. The average molecular weight is 248 g/mol. The lowest BCUT2D eigenvalue weighted by atomic mass is 10.1. The van der Waals surface area contributed by atoms with E-state index >= 15 is 0 Å². The zero-order valence-electron chi connectivity index (χ0n) is 9.38. The Balaban J connectivity index is 2.33. The van der Waals surface area contributed by atoms with E-state index in [9.17, 15) is 4.79 Å². The zero-order valence-corrected chi connectivity index (χ0v) is 10.2. The number of hydrogen-bond donors (Lipinski definition) is 1. The topological polar surface area (TPSA) is 63.1 Å². The van der Waals surface area contributed by atoms with E-state index in [0.29, 0.717) is 5.69 Å². The Morgan fingerprint density at radius 1 is 1.35 bits per heavy atom. The fraction of sp³-hybridized carbons (Fsp3) is 0.250. The first kappa shape index (κ1) is 11.7. The first-order chi connectivity index (χ1) is 8.22. The fourth-order valence-electron chi connectivity index (χ4n) is 1.64. The number of rotatable bonds is 4. The summed E-state index contributed by atoms with van der Waals surface area (Å²) < 4.78 is 3.69. The Hall–Kier alpha value is -1.75. The molecule has 1 aromatic heterocycles. The molecule has 0 aliphatic heterocycles. The Morgan fingerprint density at radius 2 is 2.06 bits per heavy atom. The normalized spacial score (nSPS) is 10.4. The zero-order chi connectivity index (χ0) is 12.3. The van der Waals surface area contributed by atoms with Crippen molar-refractivity contribution in [3.8, 4) is 11.3 Å². The number of carboxylic acids is 1. The molecule has 5 heteroatoms. The molecule has 1 heterocycles. The highest BCUT2D eigenvalue weighted by Gasteiger charge is 2.16. The quantitative estimate of drug-likeness (QED) is 0.903. The van der Waals surface area contributed by atoms with Crippen molar-refractivity contribution in [1.29, 1.82) is 0 Å². The molecule has 0 unspecified atom stereocenters. The lowest BCUT2D eigenvalue weighted by molar-refractivity contribution is 0.0702. The van der Waals surface area contributed by atoms with E-state index in [1.165, 1.54) is 5.56 Å². The van der Waals surface area contributed by atoms with Crippen LogP contribution in [0.5, 0.6) is 0 Å². The summed E-state index contributed by atoms with van der Waals surface area (Å²) in [5.41, 5.74) is 2.50. The highest BCUT2D eigenvalue weighted by atomic mass is 32.1. The van der Waals surface area contributed by atoms with Gasteiger partial charge in [-0.05, 0) is 23.5 Å². The highest BCUT2D eigenvalue weighted by molar-refractivity contribution is 7.08. The van der Waals surface area contributed by atoms with Gasteiger partial charge < -0.3 is 5.11 Å². The molecule has 0 aliphatic carbocycles. The van der Waals surface area contributed by atoms with Crippen LogP contribution in [0, 0.1) is 0 Å². The van der Waals surface area contributed by atoms with Crippen LogP contribution in [0.1, 0.15) is 28.6 Å². The molecule has 0 amide bonds. The summed E-state index contributed by atoms with van der Waals surface area (Å²) in [5.74, 6) is -0.979. The molecule has 1 N–H and O–H groups in total. The van der Waals surface area contributed by atoms with Crippen LogP contribution in [0.3, 0.4) is 0 Å². The van der Waals surface area contributed by atoms with E-state index in [2.05, 4.69) is 16.5 Å². The largest absolute Gasteiger partial charge is 0.477 e. The van der Waals surface area contributed by atoms with Gasteiger partial charge in [0.15, 0.2) is 4.88 Å². The van der Waals surface area contributed by atoms with Crippen molar-refractivity contribution in [2.45, 2.75) is 19.8 Å². The van der Waals surface area contributed by atoms with E-state index in [4.69, 9.17) is 5.11 Å². The second-order valence-corrected chi connectivity index (χ2v) is 4.46. The van der Waals surface area contributed by atoms with Crippen LogP contribution in [0.15, 0.2) is 24.3 Å². The molecule has 0 radical (unpaired) electrons. The second kappa shape index (κ2) is 5.05. The van der Waals surface area contributed by atoms with Crippen LogP contribution in [-0.2, 0) is 6.42 Å². The first-order valence-electron chi connectivity index (χ1n) is 5.37. The molecule has 2 rings (SSSR count). The number of benzene rings is 1. The number of aromatic nitrogens is 2. The molecule has 0 aliphatic rings. The van der Waals surface area contributed by atoms with Crippen molar-refractivity contribution in [3.63, 3.8) is 0 Å². The monoisotopic (exact) mass is 248 g/mol. The maximum Gasteiger partial charge on any atom is 0.349 e. The van der Waals surface area contributed by atoms with Gasteiger partial charge in [-0.25, -0.2) is 4.79 Å². The highest BCUT2D eigenvalue weighted by Crippen LogP contribution is 2.24. The van der Waals surface area contributed by atoms with Gasteiger partial charge in [0.25, 0.3) is 0 Å². The van der Waals surface area contributed by atoms with Crippen molar-refractivity contribution in [1.82, 2.24) is 9.59 Å². The van der Waals surface area contributed by atoms with Crippen molar-refractivity contribution >= 4 is 17.5 Å². The fourth-order valence-corrected chi connectivity index (χ4v) is 2.17. The van der Waals surface area contributed by atoms with Crippen LogP contribution in [0.25, 0.3) is 11.3 Å². The van der Waals surface area contributed by atoms with Crippen molar-refractivity contribution in [3.05, 3.63) is 34.7 Å². The molecule has 0 atom stereocenters. The van der Waals surface area contributed by atoms with Gasteiger partial charge in [0.05, 0.1) is 0 Å². The van der Waals surface area contributed by atoms with Gasteiger partial charge >= 0.3 is 5.97 Å². The Kier molecular flexibility index (Phi) is 3.49. The van der Waals surface area contributed by atoms with Crippen molar-refractivity contribution in [2.24, 2.45) is 0 Å². The molecular formula is C12H12N2O2S.